The summed E-state index contributed by atoms with van der Waals surface area (Å²) in [7, 11) is 1.63. The number of hydrogen-bond donors (Lipinski definition) is 1. The second kappa shape index (κ2) is 4.00. The van der Waals surface area contributed by atoms with Gasteiger partial charge in [-0.25, -0.2) is 4.98 Å². The Kier molecular flexibility index (Phi) is 2.70. The van der Waals surface area contributed by atoms with Crippen LogP contribution in [0.25, 0.3) is 11.2 Å². The van der Waals surface area contributed by atoms with Crippen LogP contribution in [0.15, 0.2) is 6.33 Å². The Labute approximate surface area is 91.0 Å². The van der Waals surface area contributed by atoms with Crippen LogP contribution >= 0.6 is 11.6 Å². The molecule has 0 saturated carbocycles. The summed E-state index contributed by atoms with van der Waals surface area (Å²) in [6.45, 7) is 1.23. The van der Waals surface area contributed by atoms with E-state index < -0.39 is 0 Å². The second-order valence-corrected chi connectivity index (χ2v) is 3.33. The second-order valence-electron chi connectivity index (χ2n) is 2.98. The molecule has 2 aromatic rings. The lowest BCUT2D eigenvalue weighted by molar-refractivity contribution is 0.188. The molecule has 2 N–H and O–H groups in total. The van der Waals surface area contributed by atoms with Gasteiger partial charge in [-0.3, -0.25) is 0 Å². The molecular formula is C8H10ClN5O. The van der Waals surface area contributed by atoms with E-state index in [4.69, 9.17) is 22.1 Å². The molecule has 0 aromatic carbocycles. The zero-order valence-electron chi connectivity index (χ0n) is 8.14. The third kappa shape index (κ3) is 1.86. The van der Waals surface area contributed by atoms with E-state index in [0.717, 1.165) is 0 Å². The van der Waals surface area contributed by atoms with E-state index >= 15 is 0 Å². The van der Waals surface area contributed by atoms with E-state index in [2.05, 4.69) is 15.0 Å². The molecule has 0 unspecified atom stereocenters. The summed E-state index contributed by atoms with van der Waals surface area (Å²) < 4.78 is 6.79. The van der Waals surface area contributed by atoms with Crippen LogP contribution in [-0.2, 0) is 11.3 Å². The molecule has 2 aromatic heterocycles. The predicted molar refractivity (Wildman–Crippen MR) is 56.6 cm³/mol. The van der Waals surface area contributed by atoms with E-state index in [1.54, 1.807) is 13.4 Å². The van der Waals surface area contributed by atoms with Crippen molar-refractivity contribution < 1.29 is 4.74 Å². The molecule has 0 aliphatic heterocycles. The molecule has 2 rings (SSSR count). The Balaban J connectivity index is 2.49. The first-order valence-electron chi connectivity index (χ1n) is 4.35. The molecule has 15 heavy (non-hydrogen) atoms. The number of aromatic nitrogens is 4. The number of halogens is 1. The average molecular weight is 228 g/mol. The summed E-state index contributed by atoms with van der Waals surface area (Å²) in [6, 6.07) is 0. The number of ether oxygens (including phenoxy) is 1. The minimum atomic E-state index is 0.145. The van der Waals surface area contributed by atoms with Gasteiger partial charge >= 0.3 is 0 Å². The van der Waals surface area contributed by atoms with Crippen molar-refractivity contribution in [2.45, 2.75) is 6.54 Å². The maximum atomic E-state index is 5.87. The van der Waals surface area contributed by atoms with Crippen molar-refractivity contribution in [2.24, 2.45) is 0 Å². The Bertz CT molecular complexity index is 483. The number of methoxy groups -OCH3 is 1. The van der Waals surface area contributed by atoms with Crippen LogP contribution in [0.2, 0.25) is 5.15 Å². The Morgan fingerprint density at radius 2 is 2.33 bits per heavy atom. The number of nitrogens with zero attached hydrogens (tertiary/aromatic N) is 4. The van der Waals surface area contributed by atoms with Crippen LogP contribution in [-0.4, -0.2) is 33.2 Å². The number of imidazole rings is 1. The molecule has 0 fully saturated rings. The number of nitrogen functional groups attached to an aromatic ring is 1. The normalized spacial score (nSPS) is 11.1. The van der Waals surface area contributed by atoms with Gasteiger partial charge in [0.2, 0.25) is 5.95 Å². The molecule has 0 amide bonds. The van der Waals surface area contributed by atoms with Crippen molar-refractivity contribution in [3.05, 3.63) is 11.5 Å². The van der Waals surface area contributed by atoms with Gasteiger partial charge in [-0.15, -0.1) is 0 Å². The van der Waals surface area contributed by atoms with Crippen LogP contribution in [0.3, 0.4) is 0 Å². The minimum absolute atomic E-state index is 0.145. The number of rotatable bonds is 3. The van der Waals surface area contributed by atoms with Gasteiger partial charge in [0, 0.05) is 13.7 Å². The highest BCUT2D eigenvalue weighted by atomic mass is 35.5. The highest BCUT2D eigenvalue weighted by Crippen LogP contribution is 2.19. The fourth-order valence-electron chi connectivity index (χ4n) is 1.28. The van der Waals surface area contributed by atoms with Crippen LogP contribution < -0.4 is 5.73 Å². The van der Waals surface area contributed by atoms with Gasteiger partial charge in [0.1, 0.15) is 5.52 Å². The molecule has 0 bridgehead atoms. The van der Waals surface area contributed by atoms with Crippen molar-refractivity contribution in [3.8, 4) is 0 Å². The number of hydrogen-bond acceptors (Lipinski definition) is 5. The quantitative estimate of drug-likeness (QED) is 0.782. The van der Waals surface area contributed by atoms with Gasteiger partial charge < -0.3 is 15.0 Å². The first-order chi connectivity index (χ1) is 7.22. The fourth-order valence-corrected chi connectivity index (χ4v) is 1.50. The predicted octanol–water partition coefficient (Wildman–Crippen LogP) is 0.708. The molecular weight excluding hydrogens is 218 g/mol. The van der Waals surface area contributed by atoms with Gasteiger partial charge in [0.15, 0.2) is 10.8 Å². The van der Waals surface area contributed by atoms with Gasteiger partial charge in [-0.2, -0.15) is 9.97 Å². The molecule has 80 valence electrons. The Morgan fingerprint density at radius 1 is 1.53 bits per heavy atom. The molecule has 6 nitrogen and oxygen atoms in total. The third-order valence-electron chi connectivity index (χ3n) is 1.97. The lowest BCUT2D eigenvalue weighted by atomic mass is 10.5. The van der Waals surface area contributed by atoms with Crippen molar-refractivity contribution in [2.75, 3.05) is 19.5 Å². The SMILES string of the molecule is COCCn1cnc2c(Cl)nc(N)nc21. The van der Waals surface area contributed by atoms with E-state index in [1.165, 1.54) is 0 Å². The lowest BCUT2D eigenvalue weighted by Gasteiger charge is -2.02. The van der Waals surface area contributed by atoms with E-state index in [0.29, 0.717) is 24.3 Å². The molecule has 0 atom stereocenters. The number of anilines is 1. The molecule has 7 heteroatoms. The molecule has 0 spiro atoms. The van der Waals surface area contributed by atoms with E-state index in [1.807, 2.05) is 4.57 Å². The van der Waals surface area contributed by atoms with Crippen LogP contribution in [0, 0.1) is 0 Å². The highest BCUT2D eigenvalue weighted by molar-refractivity contribution is 6.33. The summed E-state index contributed by atoms with van der Waals surface area (Å²) >= 11 is 5.87. The Hall–Kier alpha value is -1.40. The lowest BCUT2D eigenvalue weighted by Crippen LogP contribution is -2.05. The van der Waals surface area contributed by atoms with Crippen molar-refractivity contribution >= 4 is 28.7 Å². The van der Waals surface area contributed by atoms with Crippen LogP contribution in [0.4, 0.5) is 5.95 Å². The van der Waals surface area contributed by atoms with Crippen LogP contribution in [0.1, 0.15) is 0 Å². The van der Waals surface area contributed by atoms with Gasteiger partial charge in [0.05, 0.1) is 12.9 Å². The standard InChI is InChI=1S/C8H10ClN5O/c1-15-3-2-14-4-11-5-6(9)12-8(10)13-7(5)14/h4H,2-3H2,1H3,(H2,10,12,13). The zero-order valence-corrected chi connectivity index (χ0v) is 8.90. The topological polar surface area (TPSA) is 78.8 Å². The fraction of sp³-hybridized carbons (Fsp3) is 0.375. The maximum absolute atomic E-state index is 5.87. The molecule has 0 aliphatic rings. The van der Waals surface area contributed by atoms with Crippen molar-refractivity contribution in [1.82, 2.24) is 19.5 Å². The molecule has 0 saturated heterocycles. The smallest absolute Gasteiger partial charge is 0.223 e. The van der Waals surface area contributed by atoms with Gasteiger partial charge in [-0.05, 0) is 0 Å². The van der Waals surface area contributed by atoms with E-state index in [9.17, 15) is 0 Å². The average Bonchev–Trinajstić information content (AvgIpc) is 2.58. The van der Waals surface area contributed by atoms with E-state index in [-0.39, 0.29) is 11.1 Å². The first-order valence-corrected chi connectivity index (χ1v) is 4.73. The monoisotopic (exact) mass is 227 g/mol. The Morgan fingerprint density at radius 3 is 3.07 bits per heavy atom. The summed E-state index contributed by atoms with van der Waals surface area (Å²) in [4.78, 5) is 12.0. The van der Waals surface area contributed by atoms with Gasteiger partial charge in [0.25, 0.3) is 0 Å². The summed E-state index contributed by atoms with van der Waals surface area (Å²) in [5, 5.41) is 0.272. The van der Waals surface area contributed by atoms with Gasteiger partial charge in [-0.1, -0.05) is 11.6 Å². The molecule has 0 radical (unpaired) electrons. The maximum Gasteiger partial charge on any atom is 0.223 e. The van der Waals surface area contributed by atoms with Crippen molar-refractivity contribution in [1.29, 1.82) is 0 Å². The van der Waals surface area contributed by atoms with Crippen LogP contribution in [0.5, 0.6) is 0 Å². The summed E-state index contributed by atoms with van der Waals surface area (Å²) in [6.07, 6.45) is 1.64. The third-order valence-corrected chi connectivity index (χ3v) is 2.24. The first kappa shape index (κ1) is 10.1. The molecule has 0 aliphatic carbocycles. The molecule has 2 heterocycles. The van der Waals surface area contributed by atoms with Crippen molar-refractivity contribution in [3.63, 3.8) is 0 Å². The minimum Gasteiger partial charge on any atom is -0.383 e. The number of nitrogens with two attached hydrogens (primary N) is 1. The summed E-state index contributed by atoms with van der Waals surface area (Å²) in [5.74, 6) is 0.145. The number of fused-ring (bicyclic) bond motifs is 1. The largest absolute Gasteiger partial charge is 0.383 e. The highest BCUT2D eigenvalue weighted by Gasteiger charge is 2.09. The zero-order chi connectivity index (χ0) is 10.8. The summed E-state index contributed by atoms with van der Waals surface area (Å²) in [5.41, 5.74) is 6.69.